The highest BCUT2D eigenvalue weighted by Gasteiger charge is 2.22. The predicted octanol–water partition coefficient (Wildman–Crippen LogP) is 5.02. The van der Waals surface area contributed by atoms with Crippen molar-refractivity contribution in [3.8, 4) is 5.69 Å². The van der Waals surface area contributed by atoms with Crippen molar-refractivity contribution in [2.45, 2.75) is 39.2 Å². The molecule has 0 unspecified atom stereocenters. The number of amides is 2. The molecule has 1 aromatic heterocycles. The molecule has 31 heavy (non-hydrogen) atoms. The van der Waals surface area contributed by atoms with E-state index in [-0.39, 0.29) is 17.7 Å². The maximum atomic E-state index is 13.1. The van der Waals surface area contributed by atoms with E-state index < -0.39 is 0 Å². The molecule has 2 heterocycles. The molecular formula is C24H25ClN4O2. The van der Waals surface area contributed by atoms with Gasteiger partial charge in [-0.15, -0.1) is 0 Å². The molecule has 1 aliphatic rings. The van der Waals surface area contributed by atoms with E-state index in [0.717, 1.165) is 29.9 Å². The fraction of sp³-hybridized carbons (Fsp3) is 0.292. The molecule has 1 N–H and O–H groups in total. The van der Waals surface area contributed by atoms with Crippen LogP contribution in [0.15, 0.2) is 54.7 Å². The smallest absolute Gasteiger partial charge is 0.259 e. The number of halogens is 1. The van der Waals surface area contributed by atoms with Crippen LogP contribution in [0.4, 0.5) is 5.69 Å². The third-order valence-electron chi connectivity index (χ3n) is 5.38. The minimum absolute atomic E-state index is 0.0785. The minimum Gasteiger partial charge on any atom is -0.338 e. The van der Waals surface area contributed by atoms with Crippen molar-refractivity contribution in [3.05, 3.63) is 76.6 Å². The van der Waals surface area contributed by atoms with Crippen LogP contribution in [-0.4, -0.2) is 33.0 Å². The summed E-state index contributed by atoms with van der Waals surface area (Å²) in [6.45, 7) is 5.41. The van der Waals surface area contributed by atoms with E-state index in [1.807, 2.05) is 61.2 Å². The Balaban J connectivity index is 1.56. The first-order valence-electron chi connectivity index (χ1n) is 10.4. The lowest BCUT2D eigenvalue weighted by Crippen LogP contribution is -2.23. The van der Waals surface area contributed by atoms with Crippen molar-refractivity contribution >= 4 is 29.1 Å². The summed E-state index contributed by atoms with van der Waals surface area (Å²) in [5.74, 6) is 0.0468. The van der Waals surface area contributed by atoms with Crippen molar-refractivity contribution in [1.82, 2.24) is 14.7 Å². The van der Waals surface area contributed by atoms with Gasteiger partial charge < -0.3 is 10.2 Å². The standard InChI is InChI=1S/C24H25ClN4O2/c1-16(2)23-21(14-26-29(23)20-9-4-7-18(25)13-20)24(31)27-19-8-3-6-17(12-19)15-28-11-5-10-22(28)30/h3-4,6-9,12-14,16H,5,10-11,15H2,1-2H3,(H,27,31). The van der Waals surface area contributed by atoms with Gasteiger partial charge in [0.15, 0.2) is 0 Å². The molecule has 0 bridgehead atoms. The third kappa shape index (κ3) is 4.64. The SMILES string of the molecule is CC(C)c1c(C(=O)Nc2cccc(CN3CCCC3=O)c2)cnn1-c1cccc(Cl)c1. The average molecular weight is 437 g/mol. The van der Waals surface area contributed by atoms with Crippen molar-refractivity contribution < 1.29 is 9.59 Å². The monoisotopic (exact) mass is 436 g/mol. The second-order valence-electron chi connectivity index (χ2n) is 8.06. The van der Waals surface area contributed by atoms with E-state index in [4.69, 9.17) is 11.6 Å². The molecule has 6 nitrogen and oxygen atoms in total. The highest BCUT2D eigenvalue weighted by atomic mass is 35.5. The van der Waals surface area contributed by atoms with Gasteiger partial charge in [0.2, 0.25) is 5.91 Å². The van der Waals surface area contributed by atoms with Gasteiger partial charge in [0, 0.05) is 30.2 Å². The second-order valence-corrected chi connectivity index (χ2v) is 8.50. The molecule has 1 saturated heterocycles. The number of anilines is 1. The van der Waals surface area contributed by atoms with Gasteiger partial charge in [-0.25, -0.2) is 4.68 Å². The fourth-order valence-electron chi connectivity index (χ4n) is 3.94. The van der Waals surface area contributed by atoms with Crippen LogP contribution in [-0.2, 0) is 11.3 Å². The topological polar surface area (TPSA) is 67.2 Å². The second kappa shape index (κ2) is 8.94. The third-order valence-corrected chi connectivity index (χ3v) is 5.62. The van der Waals surface area contributed by atoms with Gasteiger partial charge in [-0.1, -0.05) is 43.6 Å². The molecule has 1 aliphatic heterocycles. The number of benzene rings is 2. The first-order valence-corrected chi connectivity index (χ1v) is 10.8. The molecule has 7 heteroatoms. The number of likely N-dealkylation sites (tertiary alicyclic amines) is 1. The highest BCUT2D eigenvalue weighted by Crippen LogP contribution is 2.25. The Bertz CT molecular complexity index is 1120. The van der Waals surface area contributed by atoms with Crippen molar-refractivity contribution in [1.29, 1.82) is 0 Å². The molecular weight excluding hydrogens is 412 g/mol. The van der Waals surface area contributed by atoms with Crippen molar-refractivity contribution in [3.63, 3.8) is 0 Å². The van der Waals surface area contributed by atoms with E-state index in [2.05, 4.69) is 10.4 Å². The summed E-state index contributed by atoms with van der Waals surface area (Å²) in [7, 11) is 0. The Kier molecular flexibility index (Phi) is 6.09. The predicted molar refractivity (Wildman–Crippen MR) is 122 cm³/mol. The number of aromatic nitrogens is 2. The maximum Gasteiger partial charge on any atom is 0.259 e. The van der Waals surface area contributed by atoms with Gasteiger partial charge in [-0.05, 0) is 48.2 Å². The lowest BCUT2D eigenvalue weighted by Gasteiger charge is -2.16. The Hall–Kier alpha value is -3.12. The van der Waals surface area contributed by atoms with Crippen LogP contribution in [0.3, 0.4) is 0 Å². The van der Waals surface area contributed by atoms with Gasteiger partial charge in [0.25, 0.3) is 5.91 Å². The van der Waals surface area contributed by atoms with Crippen LogP contribution < -0.4 is 5.32 Å². The molecule has 2 aromatic carbocycles. The zero-order valence-electron chi connectivity index (χ0n) is 17.6. The number of rotatable bonds is 6. The number of nitrogens with zero attached hydrogens (tertiary/aromatic N) is 3. The quantitative estimate of drug-likeness (QED) is 0.589. The van der Waals surface area contributed by atoms with Crippen LogP contribution in [0, 0.1) is 0 Å². The van der Waals surface area contributed by atoms with E-state index in [9.17, 15) is 9.59 Å². The summed E-state index contributed by atoms with van der Waals surface area (Å²) in [6, 6.07) is 15.0. The van der Waals surface area contributed by atoms with E-state index >= 15 is 0 Å². The normalized spacial score (nSPS) is 13.8. The van der Waals surface area contributed by atoms with Crippen molar-refractivity contribution in [2.75, 3.05) is 11.9 Å². The summed E-state index contributed by atoms with van der Waals surface area (Å²) in [6.07, 6.45) is 3.12. The summed E-state index contributed by atoms with van der Waals surface area (Å²) in [4.78, 5) is 26.9. The summed E-state index contributed by atoms with van der Waals surface area (Å²) >= 11 is 6.14. The van der Waals surface area contributed by atoms with Gasteiger partial charge >= 0.3 is 0 Å². The summed E-state index contributed by atoms with van der Waals surface area (Å²) in [5.41, 5.74) is 3.84. The van der Waals surface area contributed by atoms with Crippen LogP contribution in [0.25, 0.3) is 5.69 Å². The highest BCUT2D eigenvalue weighted by molar-refractivity contribution is 6.30. The molecule has 0 spiro atoms. The first kappa shape index (κ1) is 21.1. The zero-order valence-corrected chi connectivity index (χ0v) is 18.4. The summed E-state index contributed by atoms with van der Waals surface area (Å²) < 4.78 is 1.76. The maximum absolute atomic E-state index is 13.1. The molecule has 3 aromatic rings. The minimum atomic E-state index is -0.216. The lowest BCUT2D eigenvalue weighted by atomic mass is 10.0. The molecule has 0 saturated carbocycles. The fourth-order valence-corrected chi connectivity index (χ4v) is 4.12. The Labute approximate surface area is 186 Å². The Morgan fingerprint density at radius 3 is 2.71 bits per heavy atom. The van der Waals surface area contributed by atoms with Gasteiger partial charge in [0.05, 0.1) is 23.1 Å². The van der Waals surface area contributed by atoms with E-state index in [0.29, 0.717) is 29.2 Å². The van der Waals surface area contributed by atoms with Crippen LogP contribution >= 0.6 is 11.6 Å². The molecule has 0 radical (unpaired) electrons. The van der Waals surface area contributed by atoms with Crippen LogP contribution in [0.5, 0.6) is 0 Å². The van der Waals surface area contributed by atoms with E-state index in [1.54, 1.807) is 16.9 Å². The van der Waals surface area contributed by atoms with Crippen molar-refractivity contribution in [2.24, 2.45) is 0 Å². The zero-order chi connectivity index (χ0) is 22.0. The molecule has 1 fully saturated rings. The van der Waals surface area contributed by atoms with Gasteiger partial charge in [0.1, 0.15) is 0 Å². The molecule has 0 atom stereocenters. The number of nitrogens with one attached hydrogen (secondary N) is 1. The van der Waals surface area contributed by atoms with Crippen LogP contribution in [0.1, 0.15) is 54.2 Å². The number of hydrogen-bond acceptors (Lipinski definition) is 3. The molecule has 160 valence electrons. The lowest BCUT2D eigenvalue weighted by molar-refractivity contribution is -0.128. The first-order chi connectivity index (χ1) is 14.9. The average Bonchev–Trinajstić information content (AvgIpc) is 3.35. The molecule has 0 aliphatic carbocycles. The van der Waals surface area contributed by atoms with E-state index in [1.165, 1.54) is 0 Å². The van der Waals surface area contributed by atoms with Crippen LogP contribution in [0.2, 0.25) is 5.02 Å². The van der Waals surface area contributed by atoms with Gasteiger partial charge in [-0.2, -0.15) is 5.10 Å². The summed E-state index contributed by atoms with van der Waals surface area (Å²) in [5, 5.41) is 8.06. The number of carbonyl (C=O) groups is 2. The molecule has 4 rings (SSSR count). The Morgan fingerprint density at radius 2 is 2.00 bits per heavy atom. The Morgan fingerprint density at radius 1 is 1.19 bits per heavy atom. The molecule has 2 amide bonds. The number of carbonyl (C=O) groups excluding carboxylic acids is 2. The number of hydrogen-bond donors (Lipinski definition) is 1. The largest absolute Gasteiger partial charge is 0.338 e. The van der Waals surface area contributed by atoms with Gasteiger partial charge in [-0.3, -0.25) is 9.59 Å².